The maximum absolute atomic E-state index is 9.56. The molecule has 0 aromatic heterocycles. The van der Waals surface area contributed by atoms with Gasteiger partial charge in [-0.1, -0.05) is 12.1 Å². The molecule has 0 saturated heterocycles. The lowest BCUT2D eigenvalue weighted by Gasteiger charge is -2.15. The number of thiol groups is 2. The summed E-state index contributed by atoms with van der Waals surface area (Å²) < 4.78 is 0. The fraction of sp³-hybridized carbons (Fsp3) is 0.333. The standard InChI is InChI=1S/C9H12O2S2/c10-8(5-12)9(11)6-1-3-7(13)4-2-6/h1-4,8-13H,5H2. The normalized spacial score (nSPS) is 15.4. The molecule has 72 valence electrons. The van der Waals surface area contributed by atoms with Crippen LogP contribution in [0.2, 0.25) is 0 Å². The Morgan fingerprint density at radius 3 is 2.15 bits per heavy atom. The van der Waals surface area contributed by atoms with Crippen LogP contribution in [-0.2, 0) is 0 Å². The zero-order chi connectivity index (χ0) is 9.84. The number of aliphatic hydroxyl groups is 2. The van der Waals surface area contributed by atoms with E-state index in [1.807, 2.05) is 0 Å². The van der Waals surface area contributed by atoms with Crippen molar-refractivity contribution in [2.45, 2.75) is 17.1 Å². The quantitative estimate of drug-likeness (QED) is 0.575. The Labute approximate surface area is 88.4 Å². The lowest BCUT2D eigenvalue weighted by Crippen LogP contribution is -2.19. The highest BCUT2D eigenvalue weighted by atomic mass is 32.1. The van der Waals surface area contributed by atoms with E-state index in [0.29, 0.717) is 5.56 Å². The van der Waals surface area contributed by atoms with Crippen molar-refractivity contribution in [3.63, 3.8) is 0 Å². The zero-order valence-electron chi connectivity index (χ0n) is 6.96. The molecule has 0 aliphatic heterocycles. The molecule has 4 heteroatoms. The average Bonchev–Trinajstić information content (AvgIpc) is 2.17. The van der Waals surface area contributed by atoms with Gasteiger partial charge in [0.05, 0.1) is 6.10 Å². The van der Waals surface area contributed by atoms with Gasteiger partial charge >= 0.3 is 0 Å². The molecule has 0 radical (unpaired) electrons. The number of rotatable bonds is 3. The van der Waals surface area contributed by atoms with E-state index in [0.717, 1.165) is 4.90 Å². The van der Waals surface area contributed by atoms with Crippen molar-refractivity contribution in [3.05, 3.63) is 29.8 Å². The van der Waals surface area contributed by atoms with Crippen molar-refractivity contribution in [2.75, 3.05) is 5.75 Å². The summed E-state index contributed by atoms with van der Waals surface area (Å²) in [6.07, 6.45) is -1.69. The number of aliphatic hydroxyl groups excluding tert-OH is 2. The molecule has 0 spiro atoms. The van der Waals surface area contributed by atoms with Gasteiger partial charge in [0.25, 0.3) is 0 Å². The fourth-order valence-corrected chi connectivity index (χ4v) is 1.34. The van der Waals surface area contributed by atoms with E-state index in [1.54, 1.807) is 24.3 Å². The van der Waals surface area contributed by atoms with E-state index in [4.69, 9.17) is 0 Å². The number of benzene rings is 1. The molecule has 0 aliphatic carbocycles. The fourth-order valence-electron chi connectivity index (χ4n) is 0.993. The second-order valence-electron chi connectivity index (χ2n) is 2.79. The molecular formula is C9H12O2S2. The Balaban J connectivity index is 2.77. The molecule has 0 saturated carbocycles. The summed E-state index contributed by atoms with van der Waals surface area (Å²) in [6, 6.07) is 7.01. The van der Waals surface area contributed by atoms with Crippen molar-refractivity contribution < 1.29 is 10.2 Å². The van der Waals surface area contributed by atoms with Gasteiger partial charge in [0.2, 0.25) is 0 Å². The van der Waals surface area contributed by atoms with Crippen LogP contribution in [0.15, 0.2) is 29.2 Å². The van der Waals surface area contributed by atoms with Gasteiger partial charge in [-0.25, -0.2) is 0 Å². The summed E-state index contributed by atoms with van der Waals surface area (Å²) in [5.74, 6) is 0.240. The van der Waals surface area contributed by atoms with E-state index in [9.17, 15) is 10.2 Å². The summed E-state index contributed by atoms with van der Waals surface area (Å²) in [4.78, 5) is 0.830. The molecule has 0 amide bonds. The van der Waals surface area contributed by atoms with Crippen molar-refractivity contribution in [1.82, 2.24) is 0 Å². The van der Waals surface area contributed by atoms with Gasteiger partial charge in [-0.05, 0) is 17.7 Å². The highest BCUT2D eigenvalue weighted by Crippen LogP contribution is 2.19. The van der Waals surface area contributed by atoms with Crippen molar-refractivity contribution in [2.24, 2.45) is 0 Å². The van der Waals surface area contributed by atoms with Crippen LogP contribution in [0.5, 0.6) is 0 Å². The van der Waals surface area contributed by atoms with Crippen molar-refractivity contribution in [1.29, 1.82) is 0 Å². The molecule has 0 aliphatic rings. The van der Waals surface area contributed by atoms with Gasteiger partial charge in [0.15, 0.2) is 0 Å². The summed E-state index contributed by atoms with van der Waals surface area (Å²) in [5.41, 5.74) is 0.680. The molecular weight excluding hydrogens is 204 g/mol. The predicted molar refractivity (Wildman–Crippen MR) is 58.5 cm³/mol. The van der Waals surface area contributed by atoms with Crippen LogP contribution in [0.3, 0.4) is 0 Å². The maximum Gasteiger partial charge on any atom is 0.106 e. The molecule has 2 nitrogen and oxygen atoms in total. The molecule has 0 fully saturated rings. The zero-order valence-corrected chi connectivity index (χ0v) is 8.75. The van der Waals surface area contributed by atoms with Crippen LogP contribution < -0.4 is 0 Å². The Kier molecular flexibility index (Phi) is 4.12. The predicted octanol–water partition coefficient (Wildman–Crippen LogP) is 1.30. The largest absolute Gasteiger partial charge is 0.389 e. The molecule has 0 bridgehead atoms. The third-order valence-corrected chi connectivity index (χ3v) is 2.46. The number of hydrogen-bond donors (Lipinski definition) is 4. The molecule has 2 atom stereocenters. The van der Waals surface area contributed by atoms with E-state index in [1.165, 1.54) is 0 Å². The van der Waals surface area contributed by atoms with Crippen LogP contribution in [-0.4, -0.2) is 22.1 Å². The van der Waals surface area contributed by atoms with Gasteiger partial charge in [0, 0.05) is 10.6 Å². The van der Waals surface area contributed by atoms with Crippen LogP contribution in [0.1, 0.15) is 11.7 Å². The average molecular weight is 216 g/mol. The minimum atomic E-state index is -0.869. The second-order valence-corrected chi connectivity index (χ2v) is 3.67. The molecule has 1 rings (SSSR count). The molecule has 13 heavy (non-hydrogen) atoms. The Bertz CT molecular complexity index is 261. The lowest BCUT2D eigenvalue weighted by atomic mass is 10.1. The van der Waals surface area contributed by atoms with Gasteiger partial charge in [-0.15, -0.1) is 12.6 Å². The Hall–Kier alpha value is -0.160. The van der Waals surface area contributed by atoms with Crippen molar-refractivity contribution >= 4 is 25.3 Å². The number of hydrogen-bond acceptors (Lipinski definition) is 4. The first kappa shape index (κ1) is 10.9. The highest BCUT2D eigenvalue weighted by Gasteiger charge is 2.15. The monoisotopic (exact) mass is 216 g/mol. The first-order valence-electron chi connectivity index (χ1n) is 3.91. The van der Waals surface area contributed by atoms with Gasteiger partial charge in [-0.2, -0.15) is 12.6 Å². The van der Waals surface area contributed by atoms with E-state index >= 15 is 0 Å². The first-order valence-corrected chi connectivity index (χ1v) is 4.99. The minimum absolute atomic E-state index is 0.240. The summed E-state index contributed by atoms with van der Waals surface area (Å²) in [6.45, 7) is 0. The van der Waals surface area contributed by atoms with Crippen LogP contribution in [0, 0.1) is 0 Å². The minimum Gasteiger partial charge on any atom is -0.389 e. The van der Waals surface area contributed by atoms with Crippen molar-refractivity contribution in [3.8, 4) is 0 Å². The molecule has 0 heterocycles. The summed E-state index contributed by atoms with van der Waals surface area (Å²) >= 11 is 8.02. The van der Waals surface area contributed by atoms with E-state index in [-0.39, 0.29) is 5.75 Å². The lowest BCUT2D eigenvalue weighted by molar-refractivity contribution is 0.0337. The third-order valence-electron chi connectivity index (χ3n) is 1.79. The summed E-state index contributed by atoms with van der Waals surface area (Å²) in [7, 11) is 0. The first-order chi connectivity index (χ1) is 6.15. The smallest absolute Gasteiger partial charge is 0.106 e. The second kappa shape index (κ2) is 4.91. The van der Waals surface area contributed by atoms with Crippen LogP contribution in [0.4, 0.5) is 0 Å². The van der Waals surface area contributed by atoms with Crippen LogP contribution >= 0.6 is 25.3 Å². The summed E-state index contributed by atoms with van der Waals surface area (Å²) in [5, 5.41) is 18.9. The Morgan fingerprint density at radius 2 is 1.69 bits per heavy atom. The molecule has 2 N–H and O–H groups in total. The SMILES string of the molecule is OC(CS)C(O)c1ccc(S)cc1. The van der Waals surface area contributed by atoms with E-state index in [2.05, 4.69) is 25.3 Å². The highest BCUT2D eigenvalue weighted by molar-refractivity contribution is 7.80. The molecule has 1 aromatic carbocycles. The molecule has 1 aromatic rings. The Morgan fingerprint density at radius 1 is 1.15 bits per heavy atom. The van der Waals surface area contributed by atoms with Gasteiger partial charge in [0.1, 0.15) is 6.10 Å². The maximum atomic E-state index is 9.56. The van der Waals surface area contributed by atoms with Gasteiger partial charge < -0.3 is 10.2 Å². The van der Waals surface area contributed by atoms with Crippen LogP contribution in [0.25, 0.3) is 0 Å². The molecule has 2 unspecified atom stereocenters. The van der Waals surface area contributed by atoms with E-state index < -0.39 is 12.2 Å². The third kappa shape index (κ3) is 2.91. The topological polar surface area (TPSA) is 40.5 Å². The van der Waals surface area contributed by atoms with Gasteiger partial charge in [-0.3, -0.25) is 0 Å².